The zero-order valence-electron chi connectivity index (χ0n) is 12.5. The van der Waals surface area contributed by atoms with Crippen molar-refractivity contribution in [1.29, 1.82) is 0 Å². The fraction of sp³-hybridized carbons (Fsp3) is 0.375. The standard InChI is InChI=1S/C16H20ClN3O2/c1-11(13-4-2-3-5-14(13)17)10-15(21)19-12-6-8-20(9-7-12)16(18)22/h2-5,10,12H,6-9H2,1H3,(H2,18,22)(H,19,21). The predicted octanol–water partition coefficient (Wildman–Crippen LogP) is 2.40. The molecule has 1 aliphatic rings. The van der Waals surface area contributed by atoms with Gasteiger partial charge in [0, 0.05) is 30.2 Å². The molecule has 118 valence electrons. The zero-order chi connectivity index (χ0) is 16.1. The zero-order valence-corrected chi connectivity index (χ0v) is 13.3. The number of allylic oxidation sites excluding steroid dienone is 1. The fourth-order valence-electron chi connectivity index (χ4n) is 2.54. The van der Waals surface area contributed by atoms with E-state index in [0.29, 0.717) is 31.0 Å². The largest absolute Gasteiger partial charge is 0.351 e. The highest BCUT2D eigenvalue weighted by molar-refractivity contribution is 6.32. The van der Waals surface area contributed by atoms with Gasteiger partial charge in [-0.15, -0.1) is 0 Å². The third-order valence-corrected chi connectivity index (χ3v) is 4.13. The first-order valence-electron chi connectivity index (χ1n) is 7.25. The monoisotopic (exact) mass is 321 g/mol. The smallest absolute Gasteiger partial charge is 0.314 e. The van der Waals surface area contributed by atoms with Crippen LogP contribution in [0, 0.1) is 0 Å². The Morgan fingerprint density at radius 3 is 2.55 bits per heavy atom. The highest BCUT2D eigenvalue weighted by Crippen LogP contribution is 2.22. The molecule has 0 aliphatic carbocycles. The lowest BCUT2D eigenvalue weighted by atomic mass is 10.0. The summed E-state index contributed by atoms with van der Waals surface area (Å²) in [6, 6.07) is 7.08. The van der Waals surface area contributed by atoms with Crippen molar-refractivity contribution in [1.82, 2.24) is 10.2 Å². The number of rotatable bonds is 3. The van der Waals surface area contributed by atoms with Crippen LogP contribution in [0.25, 0.3) is 5.57 Å². The molecule has 2 rings (SSSR count). The molecule has 0 saturated carbocycles. The van der Waals surface area contributed by atoms with Gasteiger partial charge in [0.15, 0.2) is 0 Å². The summed E-state index contributed by atoms with van der Waals surface area (Å²) in [4.78, 5) is 24.7. The van der Waals surface area contributed by atoms with Gasteiger partial charge in [-0.25, -0.2) is 4.79 Å². The topological polar surface area (TPSA) is 75.4 Å². The molecule has 3 N–H and O–H groups in total. The number of amides is 3. The number of halogens is 1. The van der Waals surface area contributed by atoms with Gasteiger partial charge in [-0.2, -0.15) is 0 Å². The van der Waals surface area contributed by atoms with E-state index in [4.69, 9.17) is 17.3 Å². The second-order valence-electron chi connectivity index (χ2n) is 5.42. The third-order valence-electron chi connectivity index (χ3n) is 3.80. The van der Waals surface area contributed by atoms with E-state index in [1.54, 1.807) is 17.0 Å². The van der Waals surface area contributed by atoms with E-state index in [1.807, 2.05) is 25.1 Å². The maximum absolute atomic E-state index is 12.1. The van der Waals surface area contributed by atoms with Gasteiger partial charge in [0.25, 0.3) is 0 Å². The second-order valence-corrected chi connectivity index (χ2v) is 5.82. The van der Waals surface area contributed by atoms with Crippen molar-refractivity contribution in [3.63, 3.8) is 0 Å². The van der Waals surface area contributed by atoms with E-state index in [0.717, 1.165) is 11.1 Å². The summed E-state index contributed by atoms with van der Waals surface area (Å²) in [6.07, 6.45) is 2.99. The van der Waals surface area contributed by atoms with E-state index >= 15 is 0 Å². The maximum atomic E-state index is 12.1. The van der Waals surface area contributed by atoms with E-state index in [1.165, 1.54) is 0 Å². The highest BCUT2D eigenvalue weighted by atomic mass is 35.5. The van der Waals surface area contributed by atoms with Gasteiger partial charge in [0.05, 0.1) is 0 Å². The number of nitrogens with one attached hydrogen (secondary N) is 1. The van der Waals surface area contributed by atoms with Crippen LogP contribution in [0.1, 0.15) is 25.3 Å². The molecule has 1 fully saturated rings. The Balaban J connectivity index is 1.92. The average molecular weight is 322 g/mol. The molecule has 1 saturated heterocycles. The average Bonchev–Trinajstić information content (AvgIpc) is 2.48. The highest BCUT2D eigenvalue weighted by Gasteiger charge is 2.21. The van der Waals surface area contributed by atoms with Gasteiger partial charge in [-0.1, -0.05) is 29.8 Å². The van der Waals surface area contributed by atoms with E-state index in [-0.39, 0.29) is 11.9 Å². The number of benzene rings is 1. The first-order valence-corrected chi connectivity index (χ1v) is 7.63. The molecule has 1 aromatic carbocycles. The lowest BCUT2D eigenvalue weighted by Gasteiger charge is -2.30. The van der Waals surface area contributed by atoms with E-state index in [2.05, 4.69) is 5.32 Å². The molecule has 0 spiro atoms. The quantitative estimate of drug-likeness (QED) is 0.839. The number of hydrogen-bond acceptors (Lipinski definition) is 2. The summed E-state index contributed by atoms with van der Waals surface area (Å²) in [5, 5.41) is 3.59. The number of carbonyl (C=O) groups is 2. The third kappa shape index (κ3) is 4.24. The van der Waals surface area contributed by atoms with Crippen LogP contribution in [0.2, 0.25) is 5.02 Å². The van der Waals surface area contributed by atoms with Crippen LogP contribution < -0.4 is 11.1 Å². The Morgan fingerprint density at radius 1 is 1.32 bits per heavy atom. The summed E-state index contributed by atoms with van der Waals surface area (Å²) >= 11 is 6.12. The van der Waals surface area contributed by atoms with Gasteiger partial charge in [0.2, 0.25) is 5.91 Å². The van der Waals surface area contributed by atoms with Crippen LogP contribution in [0.3, 0.4) is 0 Å². The van der Waals surface area contributed by atoms with Crippen LogP contribution in [0.4, 0.5) is 4.79 Å². The van der Waals surface area contributed by atoms with Gasteiger partial charge < -0.3 is 16.0 Å². The summed E-state index contributed by atoms with van der Waals surface area (Å²) in [5.41, 5.74) is 6.90. The minimum absolute atomic E-state index is 0.0680. The molecular formula is C16H20ClN3O2. The molecule has 1 aromatic rings. The summed E-state index contributed by atoms with van der Waals surface area (Å²) in [5.74, 6) is -0.144. The van der Waals surface area contributed by atoms with Crippen LogP contribution in [0.15, 0.2) is 30.3 Å². The second kappa shape index (κ2) is 7.31. The van der Waals surface area contributed by atoms with E-state index in [9.17, 15) is 9.59 Å². The number of nitrogens with zero attached hydrogens (tertiary/aromatic N) is 1. The van der Waals surface area contributed by atoms with Crippen molar-refractivity contribution in [2.45, 2.75) is 25.8 Å². The molecule has 6 heteroatoms. The first-order chi connectivity index (χ1) is 10.5. The number of primary amides is 1. The summed E-state index contributed by atoms with van der Waals surface area (Å²) < 4.78 is 0. The number of likely N-dealkylation sites (tertiary alicyclic amines) is 1. The van der Waals surface area contributed by atoms with Crippen LogP contribution in [0.5, 0.6) is 0 Å². The molecule has 0 unspecified atom stereocenters. The minimum Gasteiger partial charge on any atom is -0.351 e. The molecule has 0 aromatic heterocycles. The van der Waals surface area contributed by atoms with Crippen molar-refractivity contribution in [3.8, 4) is 0 Å². The Morgan fingerprint density at radius 2 is 1.95 bits per heavy atom. The number of urea groups is 1. The normalized spacial score (nSPS) is 16.5. The van der Waals surface area contributed by atoms with Crippen LogP contribution >= 0.6 is 11.6 Å². The summed E-state index contributed by atoms with van der Waals surface area (Å²) in [7, 11) is 0. The first kappa shape index (κ1) is 16.4. The molecule has 22 heavy (non-hydrogen) atoms. The molecule has 1 heterocycles. The van der Waals surface area contributed by atoms with Gasteiger partial charge in [-0.3, -0.25) is 4.79 Å². The maximum Gasteiger partial charge on any atom is 0.314 e. The molecule has 0 bridgehead atoms. The van der Waals surface area contributed by atoms with Crippen molar-refractivity contribution in [2.75, 3.05) is 13.1 Å². The molecule has 0 radical (unpaired) electrons. The summed E-state index contributed by atoms with van der Waals surface area (Å²) in [6.45, 7) is 3.01. The molecule has 0 atom stereocenters. The van der Waals surface area contributed by atoms with Crippen LogP contribution in [-0.4, -0.2) is 36.0 Å². The molecule has 3 amide bonds. The van der Waals surface area contributed by atoms with Crippen molar-refractivity contribution in [2.24, 2.45) is 5.73 Å². The van der Waals surface area contributed by atoms with Gasteiger partial charge in [-0.05, 0) is 37.0 Å². The lowest BCUT2D eigenvalue weighted by Crippen LogP contribution is -2.47. The van der Waals surface area contributed by atoms with Crippen LogP contribution in [-0.2, 0) is 4.79 Å². The van der Waals surface area contributed by atoms with Gasteiger partial charge in [0.1, 0.15) is 0 Å². The Labute approximate surface area is 135 Å². The SMILES string of the molecule is CC(=CC(=O)NC1CCN(C(N)=O)CC1)c1ccccc1Cl. The van der Waals surface area contributed by atoms with Crippen molar-refractivity contribution in [3.05, 3.63) is 40.9 Å². The van der Waals surface area contributed by atoms with Crippen molar-refractivity contribution < 1.29 is 9.59 Å². The van der Waals surface area contributed by atoms with Crippen molar-refractivity contribution >= 4 is 29.1 Å². The Kier molecular flexibility index (Phi) is 5.44. The lowest BCUT2D eigenvalue weighted by molar-refractivity contribution is -0.117. The Hall–Kier alpha value is -2.01. The van der Waals surface area contributed by atoms with E-state index < -0.39 is 6.03 Å². The predicted molar refractivity (Wildman–Crippen MR) is 87.4 cm³/mol. The number of piperidine rings is 1. The Bertz CT molecular complexity index is 593. The molecular weight excluding hydrogens is 302 g/mol. The number of carbonyl (C=O) groups excluding carboxylic acids is 2. The number of hydrogen-bond donors (Lipinski definition) is 2. The number of nitrogens with two attached hydrogens (primary N) is 1. The fourth-order valence-corrected chi connectivity index (χ4v) is 2.83. The molecule has 5 nitrogen and oxygen atoms in total. The minimum atomic E-state index is -0.403. The molecule has 1 aliphatic heterocycles. The van der Waals surface area contributed by atoms with Gasteiger partial charge >= 0.3 is 6.03 Å².